The van der Waals surface area contributed by atoms with Gasteiger partial charge in [0.2, 0.25) is 0 Å². The number of nitrogens with one attached hydrogen (secondary N) is 1. The summed E-state index contributed by atoms with van der Waals surface area (Å²) in [5.41, 5.74) is 9.74. The van der Waals surface area contributed by atoms with Crippen molar-refractivity contribution in [1.82, 2.24) is 0 Å². The number of halogens is 1. The summed E-state index contributed by atoms with van der Waals surface area (Å²) in [4.78, 5) is 0. The van der Waals surface area contributed by atoms with Gasteiger partial charge in [-0.05, 0) is 35.7 Å². The predicted molar refractivity (Wildman–Crippen MR) is 75.8 cm³/mol. The van der Waals surface area contributed by atoms with Gasteiger partial charge in [0.15, 0.2) is 0 Å². The van der Waals surface area contributed by atoms with E-state index in [1.807, 2.05) is 30.3 Å². The topological polar surface area (TPSA) is 38.0 Å². The van der Waals surface area contributed by atoms with Gasteiger partial charge in [-0.3, -0.25) is 0 Å². The Hall–Kier alpha value is -1.51. The summed E-state index contributed by atoms with van der Waals surface area (Å²) in [5.74, 6) is 0. The normalized spacial score (nSPS) is 22.1. The molecule has 0 bridgehead atoms. The maximum atomic E-state index is 6.24. The summed E-state index contributed by atoms with van der Waals surface area (Å²) in [7, 11) is 0. The number of fused-ring (bicyclic) bond motifs is 1. The highest BCUT2D eigenvalue weighted by Gasteiger charge is 2.24. The van der Waals surface area contributed by atoms with Crippen molar-refractivity contribution in [2.24, 2.45) is 5.73 Å². The summed E-state index contributed by atoms with van der Waals surface area (Å²) in [6, 6.07) is 16.5. The largest absolute Gasteiger partial charge is 0.378 e. The standard InChI is InChI=1S/C15H15ClN2/c16-11-5-3-4-10(8-11)15-9-13(17)12-6-1-2-7-14(12)18-15/h1-8,13,15,18H,9,17H2. The van der Waals surface area contributed by atoms with Gasteiger partial charge in [0, 0.05) is 16.8 Å². The lowest BCUT2D eigenvalue weighted by molar-refractivity contribution is 0.561. The summed E-state index contributed by atoms with van der Waals surface area (Å²) in [5, 5.41) is 4.30. The van der Waals surface area contributed by atoms with Crippen molar-refractivity contribution in [3.8, 4) is 0 Å². The van der Waals surface area contributed by atoms with Gasteiger partial charge in [0.05, 0.1) is 6.04 Å². The molecule has 18 heavy (non-hydrogen) atoms. The van der Waals surface area contributed by atoms with Crippen LogP contribution >= 0.6 is 11.6 Å². The van der Waals surface area contributed by atoms with Gasteiger partial charge >= 0.3 is 0 Å². The Morgan fingerprint density at radius 3 is 2.78 bits per heavy atom. The smallest absolute Gasteiger partial charge is 0.0532 e. The third-order valence-corrected chi connectivity index (χ3v) is 3.67. The third-order valence-electron chi connectivity index (χ3n) is 3.43. The van der Waals surface area contributed by atoms with Crippen LogP contribution in [0, 0.1) is 0 Å². The lowest BCUT2D eigenvalue weighted by Crippen LogP contribution is -2.25. The summed E-state index contributed by atoms with van der Waals surface area (Å²) in [6.45, 7) is 0. The van der Waals surface area contributed by atoms with Crippen LogP contribution in [0.1, 0.15) is 29.6 Å². The Kier molecular flexibility index (Phi) is 2.98. The number of para-hydroxylation sites is 1. The maximum Gasteiger partial charge on any atom is 0.0532 e. The highest BCUT2D eigenvalue weighted by Crippen LogP contribution is 2.37. The van der Waals surface area contributed by atoms with Crippen molar-refractivity contribution in [1.29, 1.82) is 0 Å². The van der Waals surface area contributed by atoms with Crippen LogP contribution in [-0.4, -0.2) is 0 Å². The van der Waals surface area contributed by atoms with Crippen molar-refractivity contribution in [3.05, 3.63) is 64.7 Å². The van der Waals surface area contributed by atoms with Crippen molar-refractivity contribution in [3.63, 3.8) is 0 Å². The van der Waals surface area contributed by atoms with Gasteiger partial charge in [-0.15, -0.1) is 0 Å². The molecule has 1 heterocycles. The molecule has 0 fully saturated rings. The van der Waals surface area contributed by atoms with Crippen LogP contribution in [0.5, 0.6) is 0 Å². The molecule has 2 nitrogen and oxygen atoms in total. The van der Waals surface area contributed by atoms with Crippen LogP contribution in [0.4, 0.5) is 5.69 Å². The highest BCUT2D eigenvalue weighted by molar-refractivity contribution is 6.30. The minimum absolute atomic E-state index is 0.0754. The van der Waals surface area contributed by atoms with E-state index in [2.05, 4.69) is 23.5 Å². The van der Waals surface area contributed by atoms with E-state index in [0.717, 1.165) is 17.1 Å². The van der Waals surface area contributed by atoms with Crippen LogP contribution in [0.2, 0.25) is 5.02 Å². The highest BCUT2D eigenvalue weighted by atomic mass is 35.5. The fourth-order valence-electron chi connectivity index (χ4n) is 2.52. The van der Waals surface area contributed by atoms with E-state index in [4.69, 9.17) is 17.3 Å². The first kappa shape index (κ1) is 11.6. The molecule has 0 aliphatic carbocycles. The predicted octanol–water partition coefficient (Wildman–Crippen LogP) is 3.90. The maximum absolute atomic E-state index is 6.24. The van der Waals surface area contributed by atoms with E-state index >= 15 is 0 Å². The molecule has 0 radical (unpaired) electrons. The molecule has 2 unspecified atom stereocenters. The quantitative estimate of drug-likeness (QED) is 0.814. The van der Waals surface area contributed by atoms with Crippen molar-refractivity contribution in [2.45, 2.75) is 18.5 Å². The van der Waals surface area contributed by atoms with E-state index in [1.165, 1.54) is 11.1 Å². The zero-order valence-corrected chi connectivity index (χ0v) is 10.7. The number of benzene rings is 2. The summed E-state index contributed by atoms with van der Waals surface area (Å²) in [6.07, 6.45) is 0.886. The molecule has 2 atom stereocenters. The average molecular weight is 259 g/mol. The zero-order valence-electron chi connectivity index (χ0n) is 9.94. The molecular weight excluding hydrogens is 244 g/mol. The Balaban J connectivity index is 1.94. The monoisotopic (exact) mass is 258 g/mol. The van der Waals surface area contributed by atoms with E-state index in [0.29, 0.717) is 0 Å². The van der Waals surface area contributed by atoms with Gasteiger partial charge in [0.25, 0.3) is 0 Å². The molecular formula is C15H15ClN2. The molecule has 0 amide bonds. The number of rotatable bonds is 1. The second-order valence-electron chi connectivity index (χ2n) is 4.68. The fourth-order valence-corrected chi connectivity index (χ4v) is 2.72. The van der Waals surface area contributed by atoms with Crippen LogP contribution in [0.15, 0.2) is 48.5 Å². The molecule has 0 spiro atoms. The molecule has 0 saturated carbocycles. The first-order valence-electron chi connectivity index (χ1n) is 6.10. The minimum Gasteiger partial charge on any atom is -0.378 e. The molecule has 2 aromatic rings. The van der Waals surface area contributed by atoms with Crippen LogP contribution < -0.4 is 11.1 Å². The van der Waals surface area contributed by atoms with E-state index in [9.17, 15) is 0 Å². The second-order valence-corrected chi connectivity index (χ2v) is 5.12. The average Bonchev–Trinajstić information content (AvgIpc) is 2.39. The fraction of sp³-hybridized carbons (Fsp3) is 0.200. The Bertz CT molecular complexity index is 568. The number of hydrogen-bond donors (Lipinski definition) is 2. The first-order valence-corrected chi connectivity index (χ1v) is 6.48. The molecule has 1 aliphatic rings. The van der Waals surface area contributed by atoms with Crippen molar-refractivity contribution in [2.75, 3.05) is 5.32 Å². The van der Waals surface area contributed by atoms with Crippen LogP contribution in [0.3, 0.4) is 0 Å². The summed E-state index contributed by atoms with van der Waals surface area (Å²) < 4.78 is 0. The molecule has 0 aromatic heterocycles. The van der Waals surface area contributed by atoms with Gasteiger partial charge < -0.3 is 11.1 Å². The molecule has 1 aliphatic heterocycles. The second kappa shape index (κ2) is 4.63. The molecule has 3 rings (SSSR count). The van der Waals surface area contributed by atoms with Gasteiger partial charge in [-0.2, -0.15) is 0 Å². The molecule has 3 N–H and O–H groups in total. The first-order chi connectivity index (χ1) is 8.74. The minimum atomic E-state index is 0.0754. The Morgan fingerprint density at radius 2 is 1.94 bits per heavy atom. The van der Waals surface area contributed by atoms with Gasteiger partial charge in [-0.25, -0.2) is 0 Å². The van der Waals surface area contributed by atoms with E-state index in [1.54, 1.807) is 0 Å². The van der Waals surface area contributed by atoms with Crippen LogP contribution in [-0.2, 0) is 0 Å². The SMILES string of the molecule is NC1CC(c2cccc(Cl)c2)Nc2ccccc21. The zero-order chi connectivity index (χ0) is 12.5. The number of anilines is 1. The lowest BCUT2D eigenvalue weighted by atomic mass is 9.90. The number of nitrogens with two attached hydrogens (primary N) is 1. The van der Waals surface area contributed by atoms with E-state index < -0.39 is 0 Å². The van der Waals surface area contributed by atoms with E-state index in [-0.39, 0.29) is 12.1 Å². The third kappa shape index (κ3) is 2.09. The number of hydrogen-bond acceptors (Lipinski definition) is 2. The van der Waals surface area contributed by atoms with Gasteiger partial charge in [-0.1, -0.05) is 41.9 Å². The molecule has 2 aromatic carbocycles. The van der Waals surface area contributed by atoms with Gasteiger partial charge in [0.1, 0.15) is 0 Å². The lowest BCUT2D eigenvalue weighted by Gasteiger charge is -2.31. The molecule has 92 valence electrons. The molecule has 3 heteroatoms. The Morgan fingerprint density at radius 1 is 1.11 bits per heavy atom. The summed E-state index contributed by atoms with van der Waals surface area (Å²) >= 11 is 6.04. The molecule has 0 saturated heterocycles. The van der Waals surface area contributed by atoms with Crippen molar-refractivity contribution < 1.29 is 0 Å². The Labute approximate surface area is 112 Å². The van der Waals surface area contributed by atoms with Crippen LogP contribution in [0.25, 0.3) is 0 Å². The van der Waals surface area contributed by atoms with Crippen molar-refractivity contribution >= 4 is 17.3 Å².